The summed E-state index contributed by atoms with van der Waals surface area (Å²) in [7, 11) is 1.74. The predicted octanol–water partition coefficient (Wildman–Crippen LogP) is 3.06. The Bertz CT molecular complexity index is 1370. The van der Waals surface area contributed by atoms with Crippen LogP contribution in [0.15, 0.2) is 23.5 Å². The highest BCUT2D eigenvalue weighted by atomic mass is 35.5. The minimum Gasteiger partial charge on any atom is -0.487 e. The van der Waals surface area contributed by atoms with Crippen LogP contribution in [0.5, 0.6) is 5.75 Å². The largest absolute Gasteiger partial charge is 0.487 e. The maximum Gasteiger partial charge on any atom is 0.310 e. The number of nitrogens with zero attached hydrogens (tertiary/aromatic N) is 3. The highest BCUT2D eigenvalue weighted by Crippen LogP contribution is 2.54. The van der Waals surface area contributed by atoms with Gasteiger partial charge >= 0.3 is 5.97 Å². The number of nitrogens with two attached hydrogens (primary N) is 2. The summed E-state index contributed by atoms with van der Waals surface area (Å²) in [6.07, 6.45) is 5.64. The van der Waals surface area contributed by atoms with Crippen molar-refractivity contribution in [1.29, 1.82) is 0 Å². The molecule has 240 valence electrons. The third-order valence-electron chi connectivity index (χ3n) is 10.7. The number of hydrogen-bond acceptors (Lipinski definition) is 8. The molecular formula is C32H44ClN5O6. The number of carbonyl (C=O) groups excluding carboxylic acids is 2. The summed E-state index contributed by atoms with van der Waals surface area (Å²) >= 11 is 6.78. The zero-order valence-corrected chi connectivity index (χ0v) is 26.4. The van der Waals surface area contributed by atoms with Crippen LogP contribution in [-0.4, -0.2) is 84.2 Å². The molecule has 0 bridgehead atoms. The monoisotopic (exact) mass is 629 g/mol. The molecule has 5 N–H and O–H groups in total. The highest BCUT2D eigenvalue weighted by Gasteiger charge is 2.54. The molecule has 6 rings (SSSR count). The normalized spacial score (nSPS) is 28.3. The van der Waals surface area contributed by atoms with E-state index in [1.54, 1.807) is 31.0 Å². The molecule has 12 heteroatoms. The first kappa shape index (κ1) is 31.0. The number of rotatable bonds is 9. The quantitative estimate of drug-likeness (QED) is 0.276. The van der Waals surface area contributed by atoms with Crippen molar-refractivity contribution in [3.63, 3.8) is 0 Å². The lowest BCUT2D eigenvalue weighted by atomic mass is 9.66. The first-order valence-electron chi connectivity index (χ1n) is 15.7. The first-order valence-corrected chi connectivity index (χ1v) is 16.1. The van der Waals surface area contributed by atoms with Crippen molar-refractivity contribution in [3.8, 4) is 5.75 Å². The standard InChI is InChI=1S/C32H44ClN5O6/c1-31(30(41)42)9-4-3-5-21(31)29(40)38-12-8-20-22(33)6-7-25(44-17-23(34)28(36(2)35)19-15-43-16-19)27(20)24(38)14-37-18-32(10-11-32)13-26(37)39/h6-7,19,21,24H,3-5,8-18,34-35H2,1-2H3,(H,41,42)/b28-23-/t21?,24?,31-/m0/s1. The van der Waals surface area contributed by atoms with Gasteiger partial charge in [0.25, 0.3) is 0 Å². The van der Waals surface area contributed by atoms with Gasteiger partial charge in [0.2, 0.25) is 11.8 Å². The van der Waals surface area contributed by atoms with Gasteiger partial charge in [0.15, 0.2) is 0 Å². The fourth-order valence-corrected chi connectivity index (χ4v) is 8.07. The van der Waals surface area contributed by atoms with E-state index in [1.807, 2.05) is 4.90 Å². The molecule has 2 unspecified atom stereocenters. The molecular weight excluding hydrogens is 586 g/mol. The summed E-state index contributed by atoms with van der Waals surface area (Å²) in [5.74, 6) is 5.04. The van der Waals surface area contributed by atoms with E-state index in [0.717, 1.165) is 42.5 Å². The number of carboxylic acids is 1. The van der Waals surface area contributed by atoms with Gasteiger partial charge in [-0.1, -0.05) is 24.4 Å². The molecule has 2 saturated heterocycles. The van der Waals surface area contributed by atoms with Crippen molar-refractivity contribution in [1.82, 2.24) is 14.8 Å². The highest BCUT2D eigenvalue weighted by molar-refractivity contribution is 6.31. The molecule has 2 aliphatic carbocycles. The van der Waals surface area contributed by atoms with Crippen LogP contribution < -0.4 is 16.3 Å². The summed E-state index contributed by atoms with van der Waals surface area (Å²) in [5.41, 5.74) is 8.30. The number of benzene rings is 1. The molecule has 1 aromatic rings. The summed E-state index contributed by atoms with van der Waals surface area (Å²) < 4.78 is 11.7. The number of halogens is 1. The number of likely N-dealkylation sites (tertiary alicyclic amines) is 1. The second-order valence-electron chi connectivity index (χ2n) is 13.8. The average Bonchev–Trinajstić information content (AvgIpc) is 3.64. The van der Waals surface area contributed by atoms with Crippen LogP contribution in [0.2, 0.25) is 5.02 Å². The Morgan fingerprint density at radius 2 is 1.98 bits per heavy atom. The van der Waals surface area contributed by atoms with Crippen LogP contribution in [0, 0.1) is 22.7 Å². The van der Waals surface area contributed by atoms with Gasteiger partial charge in [-0.3, -0.25) is 14.4 Å². The number of aliphatic carboxylic acids is 1. The molecule has 11 nitrogen and oxygen atoms in total. The van der Waals surface area contributed by atoms with Crippen LogP contribution in [0.25, 0.3) is 0 Å². The van der Waals surface area contributed by atoms with Crippen molar-refractivity contribution in [2.75, 3.05) is 46.5 Å². The minimum absolute atomic E-state index is 0.0530. The van der Waals surface area contributed by atoms with Crippen molar-refractivity contribution in [2.45, 2.75) is 64.3 Å². The lowest BCUT2D eigenvalue weighted by molar-refractivity contribution is -0.162. The summed E-state index contributed by atoms with van der Waals surface area (Å²) in [4.78, 5) is 43.8. The fraction of sp³-hybridized carbons (Fsp3) is 0.656. The van der Waals surface area contributed by atoms with E-state index >= 15 is 0 Å². The Morgan fingerprint density at radius 3 is 2.59 bits per heavy atom. The van der Waals surface area contributed by atoms with Crippen LogP contribution >= 0.6 is 11.6 Å². The number of carbonyl (C=O) groups is 3. The smallest absolute Gasteiger partial charge is 0.310 e. The molecule has 3 atom stereocenters. The van der Waals surface area contributed by atoms with Gasteiger partial charge in [0, 0.05) is 49.6 Å². The van der Waals surface area contributed by atoms with Crippen molar-refractivity contribution in [3.05, 3.63) is 39.7 Å². The van der Waals surface area contributed by atoms with Gasteiger partial charge in [0.05, 0.1) is 42.0 Å². The lowest BCUT2D eigenvalue weighted by Gasteiger charge is -2.45. The molecule has 0 aromatic heterocycles. The van der Waals surface area contributed by atoms with Gasteiger partial charge in [-0.05, 0) is 62.1 Å². The molecule has 4 fully saturated rings. The number of hydrazine groups is 1. The van der Waals surface area contributed by atoms with Gasteiger partial charge in [0.1, 0.15) is 12.4 Å². The second-order valence-corrected chi connectivity index (χ2v) is 14.2. The Balaban J connectivity index is 1.36. The lowest BCUT2D eigenvalue weighted by Crippen LogP contribution is -2.52. The zero-order chi connectivity index (χ0) is 31.4. The van der Waals surface area contributed by atoms with Gasteiger partial charge in [-0.25, -0.2) is 5.84 Å². The van der Waals surface area contributed by atoms with E-state index in [1.165, 1.54) is 5.01 Å². The second kappa shape index (κ2) is 11.7. The molecule has 2 saturated carbocycles. The van der Waals surface area contributed by atoms with E-state index in [9.17, 15) is 19.5 Å². The Morgan fingerprint density at radius 1 is 1.23 bits per heavy atom. The van der Waals surface area contributed by atoms with E-state index in [4.69, 9.17) is 32.7 Å². The summed E-state index contributed by atoms with van der Waals surface area (Å²) in [5, 5.41) is 12.3. The van der Waals surface area contributed by atoms with Gasteiger partial charge in [-0.15, -0.1) is 0 Å². The van der Waals surface area contributed by atoms with Crippen molar-refractivity contribution in [2.24, 2.45) is 34.2 Å². The van der Waals surface area contributed by atoms with Crippen LogP contribution in [0.3, 0.4) is 0 Å². The van der Waals surface area contributed by atoms with Gasteiger partial charge < -0.3 is 35.1 Å². The van der Waals surface area contributed by atoms with E-state index in [2.05, 4.69) is 0 Å². The Hall–Kier alpha value is -3.02. The molecule has 0 radical (unpaired) electrons. The van der Waals surface area contributed by atoms with Gasteiger partial charge in [-0.2, -0.15) is 0 Å². The molecule has 1 spiro atoms. The van der Waals surface area contributed by atoms with Crippen LogP contribution in [0.4, 0.5) is 0 Å². The number of carboxylic acid groups (broad SMARTS) is 1. The SMILES string of the molecule is CN(N)/C(=C(\N)COc1ccc(Cl)c2c1C(CN1CC3(CC3)CC1=O)N(C(=O)C1CCCC[C@]1(C)C(=O)O)CC2)C1COC1. The Kier molecular flexibility index (Phi) is 8.26. The third kappa shape index (κ3) is 5.51. The summed E-state index contributed by atoms with van der Waals surface area (Å²) in [6.45, 7) is 4.18. The van der Waals surface area contributed by atoms with Crippen molar-refractivity contribution >= 4 is 29.4 Å². The van der Waals surface area contributed by atoms with E-state index in [0.29, 0.717) is 75.0 Å². The predicted molar refractivity (Wildman–Crippen MR) is 163 cm³/mol. The fourth-order valence-electron chi connectivity index (χ4n) is 7.81. The molecule has 2 amide bonds. The van der Waals surface area contributed by atoms with Crippen molar-refractivity contribution < 1.29 is 29.0 Å². The van der Waals surface area contributed by atoms with Crippen LogP contribution in [-0.2, 0) is 25.5 Å². The van der Waals surface area contributed by atoms with E-state index < -0.39 is 23.3 Å². The van der Waals surface area contributed by atoms with E-state index in [-0.39, 0.29) is 29.8 Å². The first-order chi connectivity index (χ1) is 20.9. The molecule has 5 aliphatic rings. The molecule has 3 aliphatic heterocycles. The number of ether oxygens (including phenoxy) is 2. The molecule has 3 heterocycles. The number of fused-ring (bicyclic) bond motifs is 1. The number of hydrogen-bond donors (Lipinski definition) is 3. The molecule has 44 heavy (non-hydrogen) atoms. The average molecular weight is 630 g/mol. The zero-order valence-electron chi connectivity index (χ0n) is 25.6. The maximum atomic E-state index is 14.5. The summed E-state index contributed by atoms with van der Waals surface area (Å²) in [6, 6.07) is 3.05. The maximum absolute atomic E-state index is 14.5. The Labute approximate surface area is 263 Å². The third-order valence-corrected chi connectivity index (χ3v) is 11.1. The topological polar surface area (TPSA) is 152 Å². The molecule has 1 aromatic carbocycles. The van der Waals surface area contributed by atoms with Crippen LogP contribution in [0.1, 0.15) is 69.0 Å². The number of amides is 2. The minimum atomic E-state index is -1.15.